The van der Waals surface area contributed by atoms with Gasteiger partial charge in [0, 0.05) is 17.4 Å². The molecule has 0 aromatic carbocycles. The molecule has 2 aromatic heterocycles. The maximum Gasteiger partial charge on any atom is 0.233 e. The van der Waals surface area contributed by atoms with Gasteiger partial charge in [0.25, 0.3) is 0 Å². The van der Waals surface area contributed by atoms with Crippen molar-refractivity contribution in [2.45, 2.75) is 39.7 Å². The molecule has 0 bridgehead atoms. The first-order valence-electron chi connectivity index (χ1n) is 7.18. The predicted molar refractivity (Wildman–Crippen MR) is 84.9 cm³/mol. The standard InChI is InChI=1S/C15H22N4OS/c1-5-8-16-13(9-15-17-10(2)11(3)21-15)12-6-7-14(20-4)19-18-12/h6-7,13,16H,5,8-9H2,1-4H3. The number of methoxy groups -OCH3 is 1. The monoisotopic (exact) mass is 306 g/mol. The van der Waals surface area contributed by atoms with E-state index in [0.29, 0.717) is 5.88 Å². The average molecular weight is 306 g/mol. The van der Waals surface area contributed by atoms with Gasteiger partial charge in [-0.2, -0.15) is 5.10 Å². The van der Waals surface area contributed by atoms with Crippen LogP contribution in [0.2, 0.25) is 0 Å². The quantitative estimate of drug-likeness (QED) is 0.852. The third kappa shape index (κ3) is 4.22. The van der Waals surface area contributed by atoms with Gasteiger partial charge in [0.05, 0.1) is 29.5 Å². The Hall–Kier alpha value is -1.53. The Labute approximate surface area is 129 Å². The minimum atomic E-state index is 0.133. The summed E-state index contributed by atoms with van der Waals surface area (Å²) in [5.74, 6) is 0.536. The van der Waals surface area contributed by atoms with Gasteiger partial charge in [-0.25, -0.2) is 4.98 Å². The molecule has 2 aromatic rings. The summed E-state index contributed by atoms with van der Waals surface area (Å²) in [6, 6.07) is 3.95. The van der Waals surface area contributed by atoms with Crippen molar-refractivity contribution >= 4 is 11.3 Å². The molecule has 2 heterocycles. The van der Waals surface area contributed by atoms with Crippen LogP contribution in [0.4, 0.5) is 0 Å². The molecule has 0 aliphatic heterocycles. The van der Waals surface area contributed by atoms with Gasteiger partial charge in [-0.05, 0) is 32.9 Å². The zero-order chi connectivity index (χ0) is 15.2. The van der Waals surface area contributed by atoms with E-state index in [0.717, 1.165) is 35.8 Å². The summed E-state index contributed by atoms with van der Waals surface area (Å²) >= 11 is 1.75. The lowest BCUT2D eigenvalue weighted by molar-refractivity contribution is 0.389. The molecule has 0 amide bonds. The lowest BCUT2D eigenvalue weighted by atomic mass is 10.1. The molecule has 0 aliphatic carbocycles. The van der Waals surface area contributed by atoms with E-state index >= 15 is 0 Å². The Morgan fingerprint density at radius 1 is 1.29 bits per heavy atom. The molecule has 114 valence electrons. The molecule has 21 heavy (non-hydrogen) atoms. The van der Waals surface area contributed by atoms with E-state index in [1.54, 1.807) is 18.4 Å². The number of aryl methyl sites for hydroxylation is 2. The van der Waals surface area contributed by atoms with Gasteiger partial charge in [-0.1, -0.05) is 6.92 Å². The SMILES string of the molecule is CCCNC(Cc1nc(C)c(C)s1)c1ccc(OC)nn1. The van der Waals surface area contributed by atoms with Crippen molar-refractivity contribution in [1.82, 2.24) is 20.5 Å². The summed E-state index contributed by atoms with van der Waals surface area (Å²) in [5, 5.41) is 13.0. The second-order valence-electron chi connectivity index (χ2n) is 4.96. The van der Waals surface area contributed by atoms with Gasteiger partial charge in [-0.3, -0.25) is 0 Å². The largest absolute Gasteiger partial charge is 0.480 e. The number of hydrogen-bond donors (Lipinski definition) is 1. The van der Waals surface area contributed by atoms with Crippen LogP contribution in [0.5, 0.6) is 5.88 Å². The van der Waals surface area contributed by atoms with Gasteiger partial charge < -0.3 is 10.1 Å². The fraction of sp³-hybridized carbons (Fsp3) is 0.533. The number of aromatic nitrogens is 3. The number of nitrogens with zero attached hydrogens (tertiary/aromatic N) is 3. The van der Waals surface area contributed by atoms with Crippen LogP contribution in [-0.4, -0.2) is 28.8 Å². The van der Waals surface area contributed by atoms with E-state index in [1.807, 2.05) is 12.1 Å². The van der Waals surface area contributed by atoms with Gasteiger partial charge in [-0.15, -0.1) is 16.4 Å². The Morgan fingerprint density at radius 3 is 2.62 bits per heavy atom. The van der Waals surface area contributed by atoms with E-state index in [1.165, 1.54) is 4.88 Å². The normalized spacial score (nSPS) is 12.4. The van der Waals surface area contributed by atoms with E-state index in [9.17, 15) is 0 Å². The second-order valence-corrected chi connectivity index (χ2v) is 6.25. The van der Waals surface area contributed by atoms with Crippen LogP contribution in [-0.2, 0) is 6.42 Å². The highest BCUT2D eigenvalue weighted by atomic mass is 32.1. The number of hydrogen-bond acceptors (Lipinski definition) is 6. The number of thiazole rings is 1. The Bertz CT molecular complexity index is 548. The fourth-order valence-corrected chi connectivity index (χ4v) is 3.01. The number of nitrogens with one attached hydrogen (secondary N) is 1. The topological polar surface area (TPSA) is 59.9 Å². The highest BCUT2D eigenvalue weighted by molar-refractivity contribution is 7.11. The Morgan fingerprint density at radius 2 is 2.10 bits per heavy atom. The summed E-state index contributed by atoms with van der Waals surface area (Å²) < 4.78 is 5.06. The van der Waals surface area contributed by atoms with Crippen LogP contribution >= 0.6 is 11.3 Å². The number of ether oxygens (including phenoxy) is 1. The summed E-state index contributed by atoms with van der Waals surface area (Å²) in [7, 11) is 1.59. The molecule has 2 rings (SSSR count). The molecule has 1 N–H and O–H groups in total. The zero-order valence-electron chi connectivity index (χ0n) is 13.0. The van der Waals surface area contributed by atoms with Crippen LogP contribution in [0.3, 0.4) is 0 Å². The molecule has 0 radical (unpaired) electrons. The maximum absolute atomic E-state index is 5.06. The number of rotatable bonds is 7. The summed E-state index contributed by atoms with van der Waals surface area (Å²) in [6.45, 7) is 7.26. The minimum absolute atomic E-state index is 0.133. The average Bonchev–Trinajstić information content (AvgIpc) is 2.82. The van der Waals surface area contributed by atoms with Gasteiger partial charge in [0.1, 0.15) is 0 Å². The lowest BCUT2D eigenvalue weighted by Gasteiger charge is -2.16. The summed E-state index contributed by atoms with van der Waals surface area (Å²) in [6.07, 6.45) is 1.91. The smallest absolute Gasteiger partial charge is 0.233 e. The van der Waals surface area contributed by atoms with Crippen molar-refractivity contribution in [3.8, 4) is 5.88 Å². The summed E-state index contributed by atoms with van der Waals surface area (Å²) in [5.41, 5.74) is 2.04. The Kier molecular flexibility index (Phi) is 5.64. The first-order valence-corrected chi connectivity index (χ1v) is 7.99. The van der Waals surface area contributed by atoms with E-state index in [2.05, 4.69) is 41.3 Å². The molecule has 0 fully saturated rings. The van der Waals surface area contributed by atoms with Crippen LogP contribution < -0.4 is 10.1 Å². The van der Waals surface area contributed by atoms with Crippen LogP contribution in [0.1, 0.15) is 40.7 Å². The predicted octanol–water partition coefficient (Wildman–Crippen LogP) is 2.84. The van der Waals surface area contributed by atoms with E-state index < -0.39 is 0 Å². The zero-order valence-corrected chi connectivity index (χ0v) is 13.8. The Balaban J connectivity index is 2.16. The molecule has 0 saturated heterocycles. The molecular formula is C15H22N4OS. The second kappa shape index (κ2) is 7.47. The molecule has 1 atom stereocenters. The van der Waals surface area contributed by atoms with E-state index in [-0.39, 0.29) is 6.04 Å². The molecular weight excluding hydrogens is 284 g/mol. The van der Waals surface area contributed by atoms with Gasteiger partial charge in [0.15, 0.2) is 0 Å². The van der Waals surface area contributed by atoms with Gasteiger partial charge >= 0.3 is 0 Å². The first-order chi connectivity index (χ1) is 10.1. The molecule has 0 aliphatic rings. The minimum Gasteiger partial charge on any atom is -0.480 e. The lowest BCUT2D eigenvalue weighted by Crippen LogP contribution is -2.25. The van der Waals surface area contributed by atoms with Crippen LogP contribution in [0.25, 0.3) is 0 Å². The van der Waals surface area contributed by atoms with Crippen molar-refractivity contribution in [2.24, 2.45) is 0 Å². The molecule has 1 unspecified atom stereocenters. The summed E-state index contributed by atoms with van der Waals surface area (Å²) in [4.78, 5) is 5.90. The third-order valence-corrected chi connectivity index (χ3v) is 4.41. The molecule has 0 saturated carbocycles. The first kappa shape index (κ1) is 15.9. The molecule has 5 nitrogen and oxygen atoms in total. The van der Waals surface area contributed by atoms with Crippen LogP contribution in [0.15, 0.2) is 12.1 Å². The fourth-order valence-electron chi connectivity index (χ4n) is 2.03. The maximum atomic E-state index is 5.06. The molecule has 0 spiro atoms. The van der Waals surface area contributed by atoms with Crippen molar-refractivity contribution < 1.29 is 4.74 Å². The van der Waals surface area contributed by atoms with Crippen molar-refractivity contribution in [3.05, 3.63) is 33.4 Å². The van der Waals surface area contributed by atoms with E-state index in [4.69, 9.17) is 4.74 Å². The third-order valence-electron chi connectivity index (χ3n) is 3.32. The van der Waals surface area contributed by atoms with Crippen molar-refractivity contribution in [1.29, 1.82) is 0 Å². The van der Waals surface area contributed by atoms with Gasteiger partial charge in [0.2, 0.25) is 5.88 Å². The van der Waals surface area contributed by atoms with Crippen LogP contribution in [0, 0.1) is 13.8 Å². The molecule has 6 heteroatoms. The highest BCUT2D eigenvalue weighted by Gasteiger charge is 2.16. The van der Waals surface area contributed by atoms with Crippen molar-refractivity contribution in [3.63, 3.8) is 0 Å². The van der Waals surface area contributed by atoms with Crippen molar-refractivity contribution in [2.75, 3.05) is 13.7 Å². The highest BCUT2D eigenvalue weighted by Crippen LogP contribution is 2.23.